The maximum atomic E-state index is 12.0. The molecule has 22 heavy (non-hydrogen) atoms. The monoisotopic (exact) mass is 325 g/mol. The van der Waals surface area contributed by atoms with Gasteiger partial charge in [0.25, 0.3) is 0 Å². The maximum Gasteiger partial charge on any atom is 0.234 e. The van der Waals surface area contributed by atoms with Crippen LogP contribution in [-0.2, 0) is 21.2 Å². The standard InChI is InChI=1S/C15H23N3O3S/c1-17(2)14-5-3-4-13(10-14)11-16-15(19)12-18-6-8-22(20,21)9-7-18/h3-5,10H,6-9,11-12H2,1-2H3,(H,16,19). The van der Waals surface area contributed by atoms with Crippen LogP contribution in [0.15, 0.2) is 24.3 Å². The first kappa shape index (κ1) is 16.8. The van der Waals surface area contributed by atoms with Crippen molar-refractivity contribution in [3.8, 4) is 0 Å². The first-order chi connectivity index (χ1) is 10.4. The molecule has 1 aromatic rings. The molecule has 7 heteroatoms. The first-order valence-electron chi connectivity index (χ1n) is 7.31. The number of nitrogens with zero attached hydrogens (tertiary/aromatic N) is 2. The molecule has 1 aliphatic rings. The highest BCUT2D eigenvalue weighted by Crippen LogP contribution is 2.13. The number of carbonyl (C=O) groups is 1. The van der Waals surface area contributed by atoms with Crippen molar-refractivity contribution in [3.63, 3.8) is 0 Å². The van der Waals surface area contributed by atoms with Gasteiger partial charge in [0, 0.05) is 39.4 Å². The minimum absolute atomic E-state index is 0.0745. The molecule has 0 aromatic heterocycles. The number of amides is 1. The number of benzene rings is 1. The van der Waals surface area contributed by atoms with Crippen molar-refractivity contribution in [2.75, 3.05) is 50.1 Å². The average Bonchev–Trinajstić information content (AvgIpc) is 2.48. The molecule has 0 radical (unpaired) electrons. The second-order valence-corrected chi connectivity index (χ2v) is 8.07. The van der Waals surface area contributed by atoms with E-state index in [0.29, 0.717) is 19.6 Å². The molecule has 1 aromatic carbocycles. The van der Waals surface area contributed by atoms with Gasteiger partial charge in [-0.2, -0.15) is 0 Å². The SMILES string of the molecule is CN(C)c1cccc(CNC(=O)CN2CCS(=O)(=O)CC2)c1. The van der Waals surface area contributed by atoms with Crippen molar-refractivity contribution >= 4 is 21.4 Å². The van der Waals surface area contributed by atoms with Gasteiger partial charge >= 0.3 is 0 Å². The minimum atomic E-state index is -2.90. The smallest absolute Gasteiger partial charge is 0.234 e. The summed E-state index contributed by atoms with van der Waals surface area (Å²) in [5.41, 5.74) is 2.13. The van der Waals surface area contributed by atoms with Crippen LogP contribution in [0.5, 0.6) is 0 Å². The van der Waals surface area contributed by atoms with E-state index in [1.54, 1.807) is 0 Å². The second-order valence-electron chi connectivity index (χ2n) is 5.77. The zero-order valence-corrected chi connectivity index (χ0v) is 13.9. The van der Waals surface area contributed by atoms with Gasteiger partial charge in [0.05, 0.1) is 18.1 Å². The van der Waals surface area contributed by atoms with Crippen molar-refractivity contribution in [2.24, 2.45) is 0 Å². The topological polar surface area (TPSA) is 69.7 Å². The summed E-state index contributed by atoms with van der Waals surface area (Å²) < 4.78 is 22.7. The predicted molar refractivity (Wildman–Crippen MR) is 87.7 cm³/mol. The zero-order chi connectivity index (χ0) is 16.2. The van der Waals surface area contributed by atoms with E-state index in [2.05, 4.69) is 5.32 Å². The summed E-state index contributed by atoms with van der Waals surface area (Å²) in [6.45, 7) is 1.60. The fourth-order valence-electron chi connectivity index (χ4n) is 2.31. The lowest BCUT2D eigenvalue weighted by Crippen LogP contribution is -2.45. The van der Waals surface area contributed by atoms with Crippen LogP contribution in [0.1, 0.15) is 5.56 Å². The lowest BCUT2D eigenvalue weighted by molar-refractivity contribution is -0.122. The van der Waals surface area contributed by atoms with Gasteiger partial charge in [-0.15, -0.1) is 0 Å². The molecule has 0 saturated carbocycles. The molecule has 0 unspecified atom stereocenters. The van der Waals surface area contributed by atoms with E-state index in [1.165, 1.54) is 0 Å². The molecule has 1 saturated heterocycles. The van der Waals surface area contributed by atoms with Gasteiger partial charge in [-0.05, 0) is 17.7 Å². The fraction of sp³-hybridized carbons (Fsp3) is 0.533. The Morgan fingerprint density at radius 2 is 1.95 bits per heavy atom. The third-order valence-electron chi connectivity index (χ3n) is 3.72. The number of anilines is 1. The summed E-state index contributed by atoms with van der Waals surface area (Å²) in [7, 11) is 1.05. The number of sulfone groups is 1. The Morgan fingerprint density at radius 3 is 2.59 bits per heavy atom. The second kappa shape index (κ2) is 7.11. The number of hydrogen-bond acceptors (Lipinski definition) is 5. The molecule has 2 rings (SSSR count). The van der Waals surface area contributed by atoms with Gasteiger partial charge in [0.2, 0.25) is 5.91 Å². The lowest BCUT2D eigenvalue weighted by Gasteiger charge is -2.25. The van der Waals surface area contributed by atoms with Crippen LogP contribution in [0.4, 0.5) is 5.69 Å². The van der Waals surface area contributed by atoms with Crippen molar-refractivity contribution in [2.45, 2.75) is 6.54 Å². The molecule has 6 nitrogen and oxygen atoms in total. The summed E-state index contributed by atoms with van der Waals surface area (Å²) in [6, 6.07) is 7.99. The van der Waals surface area contributed by atoms with E-state index < -0.39 is 9.84 Å². The Balaban J connectivity index is 1.80. The number of rotatable bonds is 5. The molecule has 0 atom stereocenters. The molecule has 0 aliphatic carbocycles. The Labute approximate surface area is 132 Å². The van der Waals surface area contributed by atoms with Crippen molar-refractivity contribution in [1.82, 2.24) is 10.2 Å². The van der Waals surface area contributed by atoms with Crippen molar-refractivity contribution in [3.05, 3.63) is 29.8 Å². The molecule has 1 aliphatic heterocycles. The van der Waals surface area contributed by atoms with Crippen LogP contribution in [0.3, 0.4) is 0 Å². The quantitative estimate of drug-likeness (QED) is 0.831. The molecular formula is C15H23N3O3S. The van der Waals surface area contributed by atoms with E-state index >= 15 is 0 Å². The van der Waals surface area contributed by atoms with E-state index in [0.717, 1.165) is 11.3 Å². The largest absolute Gasteiger partial charge is 0.378 e. The summed E-state index contributed by atoms with van der Waals surface area (Å²) in [5.74, 6) is 0.214. The van der Waals surface area contributed by atoms with Gasteiger partial charge in [0.15, 0.2) is 9.84 Å². The first-order valence-corrected chi connectivity index (χ1v) is 9.13. The van der Waals surface area contributed by atoms with Gasteiger partial charge in [-0.3, -0.25) is 9.69 Å². The highest BCUT2D eigenvalue weighted by Gasteiger charge is 2.22. The Morgan fingerprint density at radius 1 is 1.27 bits per heavy atom. The van der Waals surface area contributed by atoms with Crippen LogP contribution in [0.25, 0.3) is 0 Å². The third-order valence-corrected chi connectivity index (χ3v) is 5.33. The predicted octanol–water partition coefficient (Wildman–Crippen LogP) is 0.0992. The van der Waals surface area contributed by atoms with Gasteiger partial charge in [-0.1, -0.05) is 12.1 Å². The Hall–Kier alpha value is -1.60. The van der Waals surface area contributed by atoms with Crippen LogP contribution >= 0.6 is 0 Å². The molecule has 1 fully saturated rings. The molecule has 1 heterocycles. The molecule has 1 N–H and O–H groups in total. The minimum Gasteiger partial charge on any atom is -0.378 e. The van der Waals surface area contributed by atoms with E-state index in [4.69, 9.17) is 0 Å². The zero-order valence-electron chi connectivity index (χ0n) is 13.1. The normalized spacial score (nSPS) is 17.9. The van der Waals surface area contributed by atoms with Gasteiger partial charge in [-0.25, -0.2) is 8.42 Å². The summed E-state index contributed by atoms with van der Waals surface area (Å²) in [6.07, 6.45) is 0. The highest BCUT2D eigenvalue weighted by molar-refractivity contribution is 7.91. The third kappa shape index (κ3) is 4.99. The maximum absolute atomic E-state index is 12.0. The molecular weight excluding hydrogens is 302 g/mol. The molecule has 1 amide bonds. The van der Waals surface area contributed by atoms with Crippen LogP contribution < -0.4 is 10.2 Å². The molecule has 0 bridgehead atoms. The van der Waals surface area contributed by atoms with Crippen molar-refractivity contribution in [1.29, 1.82) is 0 Å². The van der Waals surface area contributed by atoms with Crippen molar-refractivity contribution < 1.29 is 13.2 Å². The Kier molecular flexibility index (Phi) is 5.42. The lowest BCUT2D eigenvalue weighted by atomic mass is 10.2. The van der Waals surface area contributed by atoms with E-state index in [9.17, 15) is 13.2 Å². The van der Waals surface area contributed by atoms with Crippen LogP contribution in [0.2, 0.25) is 0 Å². The van der Waals surface area contributed by atoms with Crippen LogP contribution in [-0.4, -0.2) is 64.5 Å². The fourth-order valence-corrected chi connectivity index (χ4v) is 3.59. The highest BCUT2D eigenvalue weighted by atomic mass is 32.2. The van der Waals surface area contributed by atoms with Gasteiger partial charge in [0.1, 0.15) is 0 Å². The molecule has 0 spiro atoms. The summed E-state index contributed by atoms with van der Waals surface area (Å²) in [4.78, 5) is 15.8. The number of nitrogens with one attached hydrogen (secondary N) is 1. The average molecular weight is 325 g/mol. The number of hydrogen-bond donors (Lipinski definition) is 1. The summed E-state index contributed by atoms with van der Waals surface area (Å²) in [5, 5.41) is 2.88. The van der Waals surface area contributed by atoms with E-state index in [1.807, 2.05) is 48.2 Å². The number of carbonyl (C=O) groups excluding carboxylic acids is 1. The summed E-state index contributed by atoms with van der Waals surface area (Å²) >= 11 is 0. The molecule has 122 valence electrons. The van der Waals surface area contributed by atoms with Crippen LogP contribution in [0, 0.1) is 0 Å². The Bertz CT molecular complexity index is 615. The van der Waals surface area contributed by atoms with E-state index in [-0.39, 0.29) is 24.0 Å². The van der Waals surface area contributed by atoms with Gasteiger partial charge < -0.3 is 10.2 Å².